The van der Waals surface area contributed by atoms with E-state index in [0.29, 0.717) is 18.4 Å². The van der Waals surface area contributed by atoms with Crippen LogP contribution in [0.5, 0.6) is 5.75 Å². The lowest BCUT2D eigenvalue weighted by Gasteiger charge is -2.28. The van der Waals surface area contributed by atoms with Crippen LogP contribution in [0.2, 0.25) is 0 Å². The molecule has 19 heavy (non-hydrogen) atoms. The maximum absolute atomic E-state index is 11.0. The van der Waals surface area contributed by atoms with Crippen LogP contribution < -0.4 is 4.74 Å². The quantitative estimate of drug-likeness (QED) is 0.640. The van der Waals surface area contributed by atoms with Crippen molar-refractivity contribution in [2.45, 2.75) is 44.5 Å². The Morgan fingerprint density at radius 1 is 1.37 bits per heavy atom. The summed E-state index contributed by atoms with van der Waals surface area (Å²) in [7, 11) is 0. The summed E-state index contributed by atoms with van der Waals surface area (Å²) in [5.74, 6) is 0.146. The normalized spacial score (nSPS) is 23.1. The fraction of sp³-hybridized carbons (Fsp3) is 0.538. The molecule has 2 atom stereocenters. The number of hydrogen-bond acceptors (Lipinski definition) is 5. The topological polar surface area (TPSA) is 92.8 Å². The highest BCUT2D eigenvalue weighted by molar-refractivity contribution is 5.48. The molecule has 6 nitrogen and oxygen atoms in total. The Balaban J connectivity index is 2.21. The van der Waals surface area contributed by atoms with Crippen LogP contribution in [0.4, 0.5) is 5.69 Å². The minimum atomic E-state index is -0.578. The van der Waals surface area contributed by atoms with Crippen molar-refractivity contribution in [3.05, 3.63) is 33.9 Å². The highest BCUT2D eigenvalue weighted by atomic mass is 16.6. The van der Waals surface area contributed by atoms with E-state index >= 15 is 0 Å². The Labute approximate surface area is 110 Å². The Morgan fingerprint density at radius 2 is 2.11 bits per heavy atom. The van der Waals surface area contributed by atoms with E-state index in [0.717, 1.165) is 12.8 Å². The number of nitro benzene ring substituents is 1. The van der Waals surface area contributed by atoms with E-state index in [-0.39, 0.29) is 18.0 Å². The summed E-state index contributed by atoms with van der Waals surface area (Å²) in [5, 5.41) is 29.8. The molecule has 2 N–H and O–H groups in total. The molecule has 0 aromatic heterocycles. The Bertz CT molecular complexity index is 462. The Morgan fingerprint density at radius 3 is 2.74 bits per heavy atom. The van der Waals surface area contributed by atoms with Gasteiger partial charge in [-0.1, -0.05) is 12.5 Å². The van der Waals surface area contributed by atoms with Gasteiger partial charge in [0.15, 0.2) is 5.75 Å². The molecule has 1 aromatic rings. The molecule has 1 aromatic carbocycles. The van der Waals surface area contributed by atoms with Gasteiger partial charge in [-0.3, -0.25) is 10.1 Å². The van der Waals surface area contributed by atoms with Gasteiger partial charge in [0.2, 0.25) is 0 Å². The van der Waals surface area contributed by atoms with Crippen LogP contribution in [0.25, 0.3) is 0 Å². The molecule has 0 saturated heterocycles. The van der Waals surface area contributed by atoms with Crippen molar-refractivity contribution in [2.75, 3.05) is 0 Å². The van der Waals surface area contributed by atoms with Gasteiger partial charge >= 0.3 is 5.69 Å². The van der Waals surface area contributed by atoms with E-state index < -0.39 is 17.1 Å². The summed E-state index contributed by atoms with van der Waals surface area (Å²) in [6, 6.07) is 4.35. The number of aliphatic hydroxyl groups excluding tert-OH is 2. The van der Waals surface area contributed by atoms with E-state index in [1.165, 1.54) is 12.1 Å². The number of aliphatic hydroxyl groups is 2. The number of nitro groups is 1. The van der Waals surface area contributed by atoms with Gasteiger partial charge in [0, 0.05) is 6.07 Å². The van der Waals surface area contributed by atoms with Crippen LogP contribution in [0.1, 0.15) is 31.2 Å². The monoisotopic (exact) mass is 267 g/mol. The third kappa shape index (κ3) is 3.21. The Kier molecular flexibility index (Phi) is 4.34. The summed E-state index contributed by atoms with van der Waals surface area (Å²) >= 11 is 0. The lowest BCUT2D eigenvalue weighted by Crippen LogP contribution is -2.34. The van der Waals surface area contributed by atoms with Crippen molar-refractivity contribution in [1.82, 2.24) is 0 Å². The van der Waals surface area contributed by atoms with Crippen molar-refractivity contribution in [2.24, 2.45) is 0 Å². The molecule has 104 valence electrons. The molecule has 1 aliphatic rings. The van der Waals surface area contributed by atoms with Crippen molar-refractivity contribution >= 4 is 5.69 Å². The van der Waals surface area contributed by atoms with E-state index in [2.05, 4.69) is 0 Å². The van der Waals surface area contributed by atoms with Crippen LogP contribution in [0.3, 0.4) is 0 Å². The summed E-state index contributed by atoms with van der Waals surface area (Å²) in [4.78, 5) is 10.5. The smallest absolute Gasteiger partial charge is 0.311 e. The van der Waals surface area contributed by atoms with Crippen molar-refractivity contribution in [3.8, 4) is 5.75 Å². The zero-order valence-corrected chi connectivity index (χ0v) is 10.5. The second kappa shape index (κ2) is 5.99. The lowest BCUT2D eigenvalue weighted by atomic mass is 9.95. The number of ether oxygens (including phenoxy) is 1. The van der Waals surface area contributed by atoms with Crippen molar-refractivity contribution in [3.63, 3.8) is 0 Å². The number of hydrogen-bond donors (Lipinski definition) is 2. The van der Waals surface area contributed by atoms with Crippen LogP contribution in [0, 0.1) is 10.1 Å². The first-order chi connectivity index (χ1) is 9.11. The van der Waals surface area contributed by atoms with E-state index in [1.807, 2.05) is 0 Å². The van der Waals surface area contributed by atoms with Crippen LogP contribution in [0.15, 0.2) is 18.2 Å². The van der Waals surface area contributed by atoms with Crippen LogP contribution in [-0.4, -0.2) is 27.3 Å². The van der Waals surface area contributed by atoms with Gasteiger partial charge in [0.1, 0.15) is 6.10 Å². The van der Waals surface area contributed by atoms with Gasteiger partial charge in [-0.25, -0.2) is 0 Å². The molecule has 0 amide bonds. The third-order valence-electron chi connectivity index (χ3n) is 3.35. The number of nitrogens with zero attached hydrogens (tertiary/aromatic N) is 1. The highest BCUT2D eigenvalue weighted by Gasteiger charge is 2.27. The molecule has 0 spiro atoms. The maximum atomic E-state index is 11.0. The summed E-state index contributed by atoms with van der Waals surface area (Å²) in [5.41, 5.74) is 0.285. The Hall–Kier alpha value is -1.66. The molecular formula is C13H17NO5. The largest absolute Gasteiger partial charge is 0.481 e. The van der Waals surface area contributed by atoms with E-state index in [9.17, 15) is 15.2 Å². The minimum Gasteiger partial charge on any atom is -0.481 e. The van der Waals surface area contributed by atoms with Crippen molar-refractivity contribution in [1.29, 1.82) is 0 Å². The van der Waals surface area contributed by atoms with Gasteiger partial charge in [0.25, 0.3) is 0 Å². The molecule has 0 heterocycles. The number of benzene rings is 1. The predicted molar refractivity (Wildman–Crippen MR) is 67.9 cm³/mol. The predicted octanol–water partition coefficient (Wildman–Crippen LogP) is 1.77. The average molecular weight is 267 g/mol. The summed E-state index contributed by atoms with van der Waals surface area (Å²) in [6.07, 6.45) is 2.28. The van der Waals surface area contributed by atoms with Crippen LogP contribution >= 0.6 is 0 Å². The van der Waals surface area contributed by atoms with Crippen molar-refractivity contribution < 1.29 is 19.9 Å². The highest BCUT2D eigenvalue weighted by Crippen LogP contribution is 2.31. The first-order valence-corrected chi connectivity index (χ1v) is 6.34. The van der Waals surface area contributed by atoms with Gasteiger partial charge in [-0.05, 0) is 30.9 Å². The maximum Gasteiger partial charge on any atom is 0.311 e. The molecule has 0 radical (unpaired) electrons. The molecule has 2 unspecified atom stereocenters. The first kappa shape index (κ1) is 13.8. The first-order valence-electron chi connectivity index (χ1n) is 6.34. The molecular weight excluding hydrogens is 250 g/mol. The lowest BCUT2D eigenvalue weighted by molar-refractivity contribution is -0.386. The molecule has 1 fully saturated rings. The van der Waals surface area contributed by atoms with E-state index in [1.54, 1.807) is 6.07 Å². The zero-order valence-electron chi connectivity index (χ0n) is 10.5. The third-order valence-corrected chi connectivity index (χ3v) is 3.35. The number of rotatable bonds is 4. The van der Waals surface area contributed by atoms with Gasteiger partial charge in [-0.15, -0.1) is 0 Å². The van der Waals surface area contributed by atoms with E-state index in [4.69, 9.17) is 9.84 Å². The molecule has 0 bridgehead atoms. The fourth-order valence-electron chi connectivity index (χ4n) is 2.28. The average Bonchev–Trinajstić information content (AvgIpc) is 2.41. The summed E-state index contributed by atoms with van der Waals surface area (Å²) < 4.78 is 5.59. The van der Waals surface area contributed by atoms with Gasteiger partial charge in [-0.2, -0.15) is 0 Å². The molecule has 6 heteroatoms. The summed E-state index contributed by atoms with van der Waals surface area (Å²) in [6.45, 7) is -0.257. The molecule has 1 aliphatic carbocycles. The molecule has 2 rings (SSSR count). The van der Waals surface area contributed by atoms with Gasteiger partial charge < -0.3 is 14.9 Å². The molecule has 1 saturated carbocycles. The standard InChI is InChI=1S/C13H17NO5/c15-8-9-5-6-12(10(7-9)14(17)18)19-13-4-2-1-3-11(13)16/h5-7,11,13,15-16H,1-4,8H2. The molecule has 0 aliphatic heterocycles. The second-order valence-electron chi connectivity index (χ2n) is 4.73. The van der Waals surface area contributed by atoms with Gasteiger partial charge in [0.05, 0.1) is 17.6 Å². The SMILES string of the molecule is O=[N+]([O-])c1cc(CO)ccc1OC1CCCCC1O. The minimum absolute atomic E-state index is 0.146. The second-order valence-corrected chi connectivity index (χ2v) is 4.73. The zero-order chi connectivity index (χ0) is 13.8. The van der Waals surface area contributed by atoms with Crippen LogP contribution in [-0.2, 0) is 6.61 Å². The fourth-order valence-corrected chi connectivity index (χ4v) is 2.28.